The van der Waals surface area contributed by atoms with Gasteiger partial charge in [0.25, 0.3) is 0 Å². The topological polar surface area (TPSA) is 75.3 Å². The first kappa shape index (κ1) is 43.7. The zero-order chi connectivity index (χ0) is 35.9. The number of carbonyl (C=O) groups is 3. The molecule has 1 heterocycles. The van der Waals surface area contributed by atoms with Gasteiger partial charge in [0.15, 0.2) is 0 Å². The van der Waals surface area contributed by atoms with Crippen LogP contribution in [0.25, 0.3) is 0 Å². The van der Waals surface area contributed by atoms with Crippen LogP contribution in [0.5, 0.6) is 0 Å². The summed E-state index contributed by atoms with van der Waals surface area (Å²) in [4.78, 5) is 33.6. The molecule has 1 fully saturated rings. The van der Waals surface area contributed by atoms with Gasteiger partial charge in [-0.3, -0.25) is 20.2 Å². The Bertz CT molecular complexity index is 1640. The molecule has 9 heteroatoms. The predicted molar refractivity (Wildman–Crippen MR) is 218 cm³/mol. The van der Waals surface area contributed by atoms with Gasteiger partial charge in [-0.15, -0.1) is 0 Å². The van der Waals surface area contributed by atoms with Gasteiger partial charge < -0.3 is 0 Å². The molecule has 1 aliphatic heterocycles. The second-order valence-electron chi connectivity index (χ2n) is 12.0. The Morgan fingerprint density at radius 3 is 0.736 bits per heavy atom. The van der Waals surface area contributed by atoms with Crippen LogP contribution in [0.2, 0.25) is 0 Å². The summed E-state index contributed by atoms with van der Waals surface area (Å²) >= 11 is 0. The molecule has 0 radical (unpaired) electrons. The van der Waals surface area contributed by atoms with Crippen molar-refractivity contribution in [2.75, 3.05) is 0 Å². The monoisotopic (exact) mass is 1100 g/mol. The van der Waals surface area contributed by atoms with Crippen molar-refractivity contribution in [3.05, 3.63) is 182 Å². The van der Waals surface area contributed by atoms with Gasteiger partial charge in [0.2, 0.25) is 11.8 Å². The van der Waals surface area contributed by atoms with Crippen molar-refractivity contribution in [1.82, 2.24) is 10.6 Å². The molecule has 0 atom stereocenters. The van der Waals surface area contributed by atoms with Crippen LogP contribution < -0.4 is 42.5 Å². The Balaban J connectivity index is 0.000000215. The van der Waals surface area contributed by atoms with Crippen LogP contribution in [0.15, 0.2) is 182 Å². The van der Waals surface area contributed by atoms with E-state index in [2.05, 4.69) is 193 Å². The summed E-state index contributed by atoms with van der Waals surface area (Å²) in [6.45, 7) is 3.50. The largest absolute Gasteiger partial charge is 1.00 e. The Morgan fingerprint density at radius 2 is 0.566 bits per heavy atom. The molecule has 6 aromatic carbocycles. The third kappa shape index (κ3) is 11.6. The van der Waals surface area contributed by atoms with Crippen molar-refractivity contribution >= 4 is 65.5 Å². The van der Waals surface area contributed by atoms with Crippen molar-refractivity contribution in [2.45, 2.75) is 26.7 Å². The summed E-state index contributed by atoms with van der Waals surface area (Å²) in [5.41, 5.74) is -1.06. The van der Waals surface area contributed by atoms with E-state index in [-0.39, 0.29) is 44.8 Å². The molecule has 53 heavy (non-hydrogen) atoms. The first-order chi connectivity index (χ1) is 25.0. The fourth-order valence-electron chi connectivity index (χ4n) is 6.10. The van der Waals surface area contributed by atoms with E-state index in [1.54, 1.807) is 13.8 Å². The van der Waals surface area contributed by atoms with Crippen molar-refractivity contribution in [3.63, 3.8) is 0 Å². The van der Waals surface area contributed by atoms with E-state index in [9.17, 15) is 14.4 Å². The minimum absolute atomic E-state index is 0. The maximum atomic E-state index is 11.4. The summed E-state index contributed by atoms with van der Waals surface area (Å²) in [6, 6.07) is 64.3. The molecular weight excluding hydrogens is 1060 g/mol. The zero-order valence-electron chi connectivity index (χ0n) is 29.6. The number of hydrogen-bond donors (Lipinski definition) is 2. The first-order valence-corrected chi connectivity index (χ1v) is 20.2. The predicted octanol–water partition coefficient (Wildman–Crippen LogP) is 6.51. The number of carbonyl (C=O) groups excluding carboxylic acids is 3. The van der Waals surface area contributed by atoms with E-state index < -0.39 is 39.1 Å². The maximum Gasteiger partial charge on any atom is 1.00 e. The molecule has 0 unspecified atom stereocenters. The standard InChI is InChI=1S/2C18H15P.C8H12N2O3.2Au/c2*1-4-10-16(11-5-1)19(17-12-6-2-7-13-17)18-14-8-3-9-15-18;1-3-8(4-2)5(11)9-7(13)10-6(8)12;;/h2*1-15H;3-4H2,1-2H3,(H2,9,10,11,12,13);;/q;;;2*+1/p+2. The van der Waals surface area contributed by atoms with Gasteiger partial charge >= 0.3 is 50.8 Å². The average molecular weight is 1100 g/mol. The number of nitrogens with one attached hydrogen (secondary N) is 2. The Morgan fingerprint density at radius 1 is 0.377 bits per heavy atom. The number of imide groups is 2. The van der Waals surface area contributed by atoms with Crippen LogP contribution in [0.4, 0.5) is 4.79 Å². The fraction of sp³-hybridized carbons (Fsp3) is 0.114. The van der Waals surface area contributed by atoms with Gasteiger partial charge in [-0.05, 0) is 85.6 Å². The molecule has 0 saturated carbocycles. The van der Waals surface area contributed by atoms with Crippen LogP contribution in [0, 0.1) is 5.41 Å². The number of amides is 4. The zero-order valence-corrected chi connectivity index (χ0v) is 35.9. The van der Waals surface area contributed by atoms with Crippen LogP contribution >= 0.6 is 15.8 Å². The first-order valence-electron chi connectivity index (χ1n) is 17.2. The normalized spacial score (nSPS) is 12.7. The van der Waals surface area contributed by atoms with Crippen LogP contribution in [0.1, 0.15) is 26.7 Å². The summed E-state index contributed by atoms with van der Waals surface area (Å²) in [7, 11) is -1.75. The Hall–Kier alpha value is -3.73. The smallest absolute Gasteiger partial charge is 0.277 e. The number of benzene rings is 6. The van der Waals surface area contributed by atoms with Gasteiger partial charge in [-0.2, -0.15) is 0 Å². The molecule has 0 spiro atoms. The fourth-order valence-corrected chi connectivity index (χ4v) is 11.3. The van der Waals surface area contributed by atoms with E-state index in [1.807, 2.05) is 0 Å². The van der Waals surface area contributed by atoms with Crippen molar-refractivity contribution in [1.29, 1.82) is 0 Å². The molecule has 1 aliphatic rings. The second-order valence-corrected chi connectivity index (χ2v) is 16.9. The van der Waals surface area contributed by atoms with Crippen molar-refractivity contribution < 1.29 is 59.1 Å². The molecule has 276 valence electrons. The number of hydrogen-bond acceptors (Lipinski definition) is 3. The summed E-state index contributed by atoms with van der Waals surface area (Å²) in [5.74, 6) is -0.988. The Labute approximate surface area is 346 Å². The SMILES string of the molecule is CCC1(CC)C(=O)NC(=O)NC1=O.[Au+].[Au+].c1ccc([PH+](c2ccccc2)c2ccccc2)cc1.c1ccc([PH+](c2ccccc2)c2ccccc2)cc1. The minimum Gasteiger partial charge on any atom is -0.277 e. The molecule has 1 saturated heterocycles. The molecule has 5 nitrogen and oxygen atoms in total. The number of rotatable bonds is 8. The van der Waals surface area contributed by atoms with Crippen molar-refractivity contribution in [3.8, 4) is 0 Å². The molecule has 0 aromatic heterocycles. The molecule has 6 aromatic rings. The summed E-state index contributed by atoms with van der Waals surface area (Å²) in [6.07, 6.45) is 0.795. The van der Waals surface area contributed by atoms with Crippen LogP contribution in [0.3, 0.4) is 0 Å². The summed E-state index contributed by atoms with van der Waals surface area (Å²) < 4.78 is 0. The third-order valence-electron chi connectivity index (χ3n) is 8.91. The van der Waals surface area contributed by atoms with E-state index >= 15 is 0 Å². The molecule has 7 rings (SSSR count). The second kappa shape index (κ2) is 22.5. The average Bonchev–Trinajstić information content (AvgIpc) is 3.18. The molecular formula is C44H44Au2N2O3P2+4. The third-order valence-corrected chi connectivity index (χ3v) is 14.4. The van der Waals surface area contributed by atoms with Gasteiger partial charge in [0.1, 0.15) is 37.2 Å². The van der Waals surface area contributed by atoms with E-state index in [4.69, 9.17) is 0 Å². The molecule has 2 N–H and O–H groups in total. The van der Waals surface area contributed by atoms with E-state index in [0.29, 0.717) is 12.8 Å². The molecule has 0 aliphatic carbocycles. The minimum atomic E-state index is -1.06. The summed E-state index contributed by atoms with van der Waals surface area (Å²) in [5, 5.41) is 12.8. The van der Waals surface area contributed by atoms with Crippen LogP contribution in [-0.4, -0.2) is 17.8 Å². The van der Waals surface area contributed by atoms with Gasteiger partial charge in [0.05, 0.1) is 15.8 Å². The van der Waals surface area contributed by atoms with Crippen molar-refractivity contribution in [2.24, 2.45) is 5.41 Å². The van der Waals surface area contributed by atoms with Gasteiger partial charge in [-0.1, -0.05) is 123 Å². The Kier molecular flexibility index (Phi) is 18.5. The van der Waals surface area contributed by atoms with E-state index in [1.165, 1.54) is 31.8 Å². The quantitative estimate of drug-likeness (QED) is 0.104. The van der Waals surface area contributed by atoms with E-state index in [0.717, 1.165) is 0 Å². The van der Waals surface area contributed by atoms with Crippen LogP contribution in [-0.2, 0) is 54.3 Å². The maximum absolute atomic E-state index is 11.4. The molecule has 4 amide bonds. The van der Waals surface area contributed by atoms with Gasteiger partial charge in [0, 0.05) is 0 Å². The van der Waals surface area contributed by atoms with Gasteiger partial charge in [-0.25, -0.2) is 4.79 Å². The number of urea groups is 1. The number of barbiturate groups is 1. The molecule has 0 bridgehead atoms.